The van der Waals surface area contributed by atoms with Gasteiger partial charge in [0.15, 0.2) is 0 Å². The van der Waals surface area contributed by atoms with Crippen LogP contribution in [0.5, 0.6) is 0 Å². The molecule has 0 atom stereocenters. The van der Waals surface area contributed by atoms with Gasteiger partial charge in [-0.25, -0.2) is 0 Å². The zero-order valence-electron chi connectivity index (χ0n) is 14.5. The zero-order valence-corrected chi connectivity index (χ0v) is 14.5. The molecule has 0 unspecified atom stereocenters. The Labute approximate surface area is 125 Å². The Bertz CT molecular complexity index is 525. The van der Waals surface area contributed by atoms with Crippen molar-refractivity contribution in [1.29, 1.82) is 0 Å². The third-order valence-corrected chi connectivity index (χ3v) is 4.81. The molecule has 0 fully saturated rings. The zero-order chi connectivity index (χ0) is 15.6. The second-order valence-corrected chi connectivity index (χ2v) is 5.96. The van der Waals surface area contributed by atoms with Crippen molar-refractivity contribution >= 4 is 10.8 Å². The molecule has 0 radical (unpaired) electrons. The van der Waals surface area contributed by atoms with Crippen LogP contribution in [-0.4, -0.2) is 0 Å². The molecule has 0 aliphatic heterocycles. The van der Waals surface area contributed by atoms with Gasteiger partial charge >= 0.3 is 0 Å². The van der Waals surface area contributed by atoms with E-state index in [9.17, 15) is 0 Å². The van der Waals surface area contributed by atoms with Gasteiger partial charge in [0.05, 0.1) is 0 Å². The first kappa shape index (κ1) is 16.8. The lowest BCUT2D eigenvalue weighted by molar-refractivity contribution is 0.322. The lowest BCUT2D eigenvalue weighted by Gasteiger charge is -2.37. The quantitative estimate of drug-likeness (QED) is 0.515. The first-order valence-corrected chi connectivity index (χ1v) is 7.99. The third kappa shape index (κ3) is 2.16. The van der Waals surface area contributed by atoms with Gasteiger partial charge in [-0.15, -0.1) is 0 Å². The number of rotatable bonds is 0. The molecular formula is C20H30. The second kappa shape index (κ2) is 5.99. The summed E-state index contributed by atoms with van der Waals surface area (Å²) in [5.74, 6) is 0. The minimum atomic E-state index is 0.218. The lowest BCUT2D eigenvalue weighted by atomic mass is 9.66. The predicted molar refractivity (Wildman–Crippen MR) is 92.7 cm³/mol. The van der Waals surface area contributed by atoms with Crippen molar-refractivity contribution in [3.63, 3.8) is 0 Å². The van der Waals surface area contributed by atoms with Crippen molar-refractivity contribution < 1.29 is 0 Å². The highest BCUT2D eigenvalue weighted by atomic mass is 14.5. The lowest BCUT2D eigenvalue weighted by Crippen LogP contribution is -2.35. The average Bonchev–Trinajstić information content (AvgIpc) is 2.64. The van der Waals surface area contributed by atoms with E-state index in [0.717, 1.165) is 0 Å². The fourth-order valence-corrected chi connectivity index (χ4v) is 3.06. The molecule has 3 rings (SSSR count). The third-order valence-electron chi connectivity index (χ3n) is 4.81. The fourth-order valence-electron chi connectivity index (χ4n) is 3.06. The van der Waals surface area contributed by atoms with Crippen LogP contribution in [0.15, 0.2) is 36.4 Å². The molecule has 2 aromatic rings. The van der Waals surface area contributed by atoms with E-state index >= 15 is 0 Å². The second-order valence-electron chi connectivity index (χ2n) is 5.96. The molecule has 0 nitrogen and oxygen atoms in total. The van der Waals surface area contributed by atoms with E-state index in [1.54, 1.807) is 0 Å². The Balaban J connectivity index is 0.000000461. The molecule has 0 bridgehead atoms. The Morgan fingerprint density at radius 2 is 0.950 bits per heavy atom. The van der Waals surface area contributed by atoms with Gasteiger partial charge in [-0.2, -0.15) is 0 Å². The summed E-state index contributed by atoms with van der Waals surface area (Å²) in [4.78, 5) is 0. The van der Waals surface area contributed by atoms with Crippen LogP contribution in [0, 0.1) is 0 Å². The normalized spacial score (nSPS) is 16.8. The van der Waals surface area contributed by atoms with Crippen LogP contribution >= 0.6 is 0 Å². The molecule has 1 aliphatic rings. The van der Waals surface area contributed by atoms with Gasteiger partial charge in [0.1, 0.15) is 0 Å². The molecule has 0 saturated carbocycles. The highest BCUT2D eigenvalue weighted by Crippen LogP contribution is 2.53. The van der Waals surface area contributed by atoms with Crippen molar-refractivity contribution in [3.05, 3.63) is 47.5 Å². The van der Waals surface area contributed by atoms with E-state index in [1.165, 1.54) is 21.9 Å². The summed E-state index contributed by atoms with van der Waals surface area (Å²) >= 11 is 0. The molecule has 20 heavy (non-hydrogen) atoms. The van der Waals surface area contributed by atoms with Gasteiger partial charge in [0, 0.05) is 0 Å². The van der Waals surface area contributed by atoms with E-state index in [2.05, 4.69) is 64.1 Å². The van der Waals surface area contributed by atoms with Crippen LogP contribution in [0.25, 0.3) is 10.8 Å². The number of hydrogen-bond acceptors (Lipinski definition) is 0. The van der Waals surface area contributed by atoms with Crippen LogP contribution in [0.1, 0.15) is 66.5 Å². The van der Waals surface area contributed by atoms with Gasteiger partial charge in [-0.05, 0) is 32.7 Å². The Hall–Kier alpha value is -1.30. The molecule has 0 saturated heterocycles. The Kier molecular flexibility index (Phi) is 5.02. The van der Waals surface area contributed by atoms with Crippen LogP contribution in [0.3, 0.4) is 0 Å². The van der Waals surface area contributed by atoms with Crippen LogP contribution in [-0.2, 0) is 10.8 Å². The maximum atomic E-state index is 2.36. The topological polar surface area (TPSA) is 0 Å². The van der Waals surface area contributed by atoms with Crippen molar-refractivity contribution in [3.8, 4) is 0 Å². The number of benzene rings is 2. The van der Waals surface area contributed by atoms with Crippen LogP contribution < -0.4 is 0 Å². The van der Waals surface area contributed by atoms with E-state index < -0.39 is 0 Å². The molecule has 0 N–H and O–H groups in total. The molecule has 2 aromatic carbocycles. The minimum Gasteiger partial charge on any atom is -0.0683 e. The average molecular weight is 270 g/mol. The van der Waals surface area contributed by atoms with E-state index in [-0.39, 0.29) is 10.8 Å². The molecule has 110 valence electrons. The summed E-state index contributed by atoms with van der Waals surface area (Å²) in [6, 6.07) is 13.4. The van der Waals surface area contributed by atoms with Crippen LogP contribution in [0.4, 0.5) is 0 Å². The van der Waals surface area contributed by atoms with Gasteiger partial charge in [0.25, 0.3) is 0 Å². The largest absolute Gasteiger partial charge is 0.0683 e. The molecular weight excluding hydrogens is 240 g/mol. The van der Waals surface area contributed by atoms with Gasteiger partial charge in [-0.1, -0.05) is 91.8 Å². The SMILES string of the molecule is CC.CC.CC1(C)c2cccc3cccc(c23)C1(C)C. The summed E-state index contributed by atoms with van der Waals surface area (Å²) in [6.07, 6.45) is 0. The minimum absolute atomic E-state index is 0.218. The predicted octanol–water partition coefficient (Wildman–Crippen LogP) is 6.46. The Morgan fingerprint density at radius 1 is 0.600 bits per heavy atom. The molecule has 0 heterocycles. The van der Waals surface area contributed by atoms with Crippen molar-refractivity contribution in [1.82, 2.24) is 0 Å². The van der Waals surface area contributed by atoms with E-state index in [1.807, 2.05) is 27.7 Å². The van der Waals surface area contributed by atoms with Crippen molar-refractivity contribution in [2.75, 3.05) is 0 Å². The summed E-state index contributed by atoms with van der Waals surface area (Å²) < 4.78 is 0. The van der Waals surface area contributed by atoms with Gasteiger partial charge < -0.3 is 0 Å². The highest BCUT2D eigenvalue weighted by Gasteiger charge is 2.46. The molecule has 0 spiro atoms. The molecule has 1 aliphatic carbocycles. The Morgan fingerprint density at radius 3 is 1.30 bits per heavy atom. The summed E-state index contributed by atoms with van der Waals surface area (Å²) in [5, 5.41) is 2.87. The smallest absolute Gasteiger partial charge is 0.000558 e. The molecule has 0 aromatic heterocycles. The van der Waals surface area contributed by atoms with Crippen LogP contribution in [0.2, 0.25) is 0 Å². The first-order valence-electron chi connectivity index (χ1n) is 7.99. The maximum Gasteiger partial charge on any atom is -0.000558 e. The summed E-state index contributed by atoms with van der Waals surface area (Å²) in [6.45, 7) is 17.5. The van der Waals surface area contributed by atoms with E-state index in [4.69, 9.17) is 0 Å². The summed E-state index contributed by atoms with van der Waals surface area (Å²) in [7, 11) is 0. The fraction of sp³-hybridized carbons (Fsp3) is 0.500. The van der Waals surface area contributed by atoms with Gasteiger partial charge in [-0.3, -0.25) is 0 Å². The monoisotopic (exact) mass is 270 g/mol. The standard InChI is InChI=1S/C16H18.2C2H6/c1-15(2)12-9-5-7-11-8-6-10-13(14(11)12)16(15,3)4;2*1-2/h5-10H,1-4H3;2*1-2H3. The van der Waals surface area contributed by atoms with E-state index in [0.29, 0.717) is 0 Å². The van der Waals surface area contributed by atoms with Crippen molar-refractivity contribution in [2.24, 2.45) is 0 Å². The first-order chi connectivity index (χ1) is 9.46. The molecule has 0 amide bonds. The van der Waals surface area contributed by atoms with Gasteiger partial charge in [0.2, 0.25) is 0 Å². The highest BCUT2D eigenvalue weighted by molar-refractivity contribution is 5.93. The molecule has 0 heteroatoms. The number of hydrogen-bond donors (Lipinski definition) is 0. The van der Waals surface area contributed by atoms with Crippen molar-refractivity contribution in [2.45, 2.75) is 66.2 Å². The summed E-state index contributed by atoms with van der Waals surface area (Å²) in [5.41, 5.74) is 3.45. The maximum absolute atomic E-state index is 2.36.